The van der Waals surface area contributed by atoms with Gasteiger partial charge in [-0.1, -0.05) is 25.0 Å². The quantitative estimate of drug-likeness (QED) is 0.763. The van der Waals surface area contributed by atoms with Gasteiger partial charge in [0.1, 0.15) is 0 Å². The second kappa shape index (κ2) is 5.35. The molecule has 0 aliphatic heterocycles. The van der Waals surface area contributed by atoms with Gasteiger partial charge >= 0.3 is 0 Å². The van der Waals surface area contributed by atoms with Crippen LogP contribution in [0.3, 0.4) is 0 Å². The molecule has 2 nitrogen and oxygen atoms in total. The lowest BCUT2D eigenvalue weighted by molar-refractivity contribution is 0.448. The van der Waals surface area contributed by atoms with E-state index in [1.807, 2.05) is 12.1 Å². The van der Waals surface area contributed by atoms with Crippen molar-refractivity contribution in [3.63, 3.8) is 0 Å². The number of anilines is 1. The van der Waals surface area contributed by atoms with Gasteiger partial charge in [-0.3, -0.25) is 0 Å². The molecule has 3 N–H and O–H groups in total. The predicted octanol–water partition coefficient (Wildman–Crippen LogP) is 2.73. The molecule has 0 bridgehead atoms. The second-order valence-electron chi connectivity index (χ2n) is 4.99. The molecule has 0 amide bonds. The van der Waals surface area contributed by atoms with Gasteiger partial charge in [0.25, 0.3) is 0 Å². The van der Waals surface area contributed by atoms with Crippen LogP contribution in [-0.4, -0.2) is 12.1 Å². The van der Waals surface area contributed by atoms with Crippen LogP contribution in [-0.2, 0) is 6.42 Å². The van der Waals surface area contributed by atoms with Crippen molar-refractivity contribution in [2.45, 2.75) is 51.1 Å². The summed E-state index contributed by atoms with van der Waals surface area (Å²) in [6.45, 7) is 2.27. The molecule has 1 aliphatic rings. The predicted molar refractivity (Wildman–Crippen MR) is 69.4 cm³/mol. The van der Waals surface area contributed by atoms with E-state index in [0.717, 1.165) is 18.2 Å². The van der Waals surface area contributed by atoms with Gasteiger partial charge in [0, 0.05) is 17.8 Å². The number of hydrogen-bond donors (Lipinski definition) is 2. The molecular weight excluding hydrogens is 196 g/mol. The zero-order valence-corrected chi connectivity index (χ0v) is 10.1. The molecule has 16 heavy (non-hydrogen) atoms. The molecule has 0 spiro atoms. The summed E-state index contributed by atoms with van der Waals surface area (Å²) in [5, 5.41) is 3.71. The Labute approximate surface area is 98.2 Å². The topological polar surface area (TPSA) is 38.0 Å². The van der Waals surface area contributed by atoms with Gasteiger partial charge in [0.15, 0.2) is 0 Å². The molecule has 1 unspecified atom stereocenters. The molecular formula is C14H22N2. The zero-order chi connectivity index (χ0) is 11.4. The first-order valence-electron chi connectivity index (χ1n) is 6.34. The first-order valence-corrected chi connectivity index (χ1v) is 6.34. The summed E-state index contributed by atoms with van der Waals surface area (Å²) in [4.78, 5) is 0. The van der Waals surface area contributed by atoms with Crippen LogP contribution in [0.1, 0.15) is 38.2 Å². The highest BCUT2D eigenvalue weighted by molar-refractivity contribution is 5.39. The van der Waals surface area contributed by atoms with Crippen LogP contribution >= 0.6 is 0 Å². The minimum atomic E-state index is 0.562. The summed E-state index contributed by atoms with van der Waals surface area (Å²) in [5.74, 6) is 0. The number of hydrogen-bond acceptors (Lipinski definition) is 2. The molecule has 0 heterocycles. The minimum Gasteiger partial charge on any atom is -0.399 e. The van der Waals surface area contributed by atoms with E-state index in [1.165, 1.54) is 31.2 Å². The second-order valence-corrected chi connectivity index (χ2v) is 4.99. The molecule has 1 atom stereocenters. The van der Waals surface area contributed by atoms with Crippen LogP contribution in [0.25, 0.3) is 0 Å². The van der Waals surface area contributed by atoms with Gasteiger partial charge in [-0.2, -0.15) is 0 Å². The van der Waals surface area contributed by atoms with E-state index < -0.39 is 0 Å². The number of rotatable bonds is 4. The third kappa shape index (κ3) is 3.24. The van der Waals surface area contributed by atoms with Crippen molar-refractivity contribution in [3.05, 3.63) is 29.8 Å². The maximum atomic E-state index is 5.67. The third-order valence-electron chi connectivity index (χ3n) is 3.40. The van der Waals surface area contributed by atoms with Gasteiger partial charge in [0.05, 0.1) is 0 Å². The highest BCUT2D eigenvalue weighted by Gasteiger charge is 2.16. The highest BCUT2D eigenvalue weighted by Crippen LogP contribution is 2.18. The third-order valence-corrected chi connectivity index (χ3v) is 3.40. The Kier molecular flexibility index (Phi) is 3.83. The Balaban J connectivity index is 1.81. The molecule has 1 fully saturated rings. The summed E-state index contributed by atoms with van der Waals surface area (Å²) in [5.41, 5.74) is 7.89. The molecule has 88 valence electrons. The highest BCUT2D eigenvalue weighted by atomic mass is 14.9. The lowest BCUT2D eigenvalue weighted by Gasteiger charge is -2.19. The van der Waals surface area contributed by atoms with Gasteiger partial charge in [-0.15, -0.1) is 0 Å². The standard InChI is InChI=1S/C14H22N2/c1-11(16-14-4-2-3-5-14)10-12-6-8-13(15)9-7-12/h6-9,11,14,16H,2-5,10,15H2,1H3. The van der Waals surface area contributed by atoms with Gasteiger partial charge in [-0.25, -0.2) is 0 Å². The minimum absolute atomic E-state index is 0.562. The smallest absolute Gasteiger partial charge is 0.0314 e. The Morgan fingerprint density at radius 3 is 2.50 bits per heavy atom. The zero-order valence-electron chi connectivity index (χ0n) is 10.1. The Bertz CT molecular complexity index is 312. The summed E-state index contributed by atoms with van der Waals surface area (Å²) in [7, 11) is 0. The normalized spacial score (nSPS) is 18.8. The maximum Gasteiger partial charge on any atom is 0.0314 e. The molecule has 0 aromatic heterocycles. The molecule has 1 aromatic carbocycles. The van der Waals surface area contributed by atoms with Crippen molar-refractivity contribution in [1.82, 2.24) is 5.32 Å². The fourth-order valence-corrected chi connectivity index (χ4v) is 2.56. The number of nitrogens with two attached hydrogens (primary N) is 1. The fourth-order valence-electron chi connectivity index (χ4n) is 2.56. The van der Waals surface area contributed by atoms with E-state index in [1.54, 1.807) is 0 Å². The monoisotopic (exact) mass is 218 g/mol. The van der Waals surface area contributed by atoms with Crippen LogP contribution in [0, 0.1) is 0 Å². The fraction of sp³-hybridized carbons (Fsp3) is 0.571. The molecule has 2 rings (SSSR count). The summed E-state index contributed by atoms with van der Waals surface area (Å²) in [6.07, 6.45) is 6.59. The van der Waals surface area contributed by atoms with Crippen molar-refractivity contribution in [2.24, 2.45) is 0 Å². The van der Waals surface area contributed by atoms with Crippen molar-refractivity contribution in [3.8, 4) is 0 Å². The van der Waals surface area contributed by atoms with E-state index in [2.05, 4.69) is 24.4 Å². The lowest BCUT2D eigenvalue weighted by atomic mass is 10.1. The Hall–Kier alpha value is -1.02. The molecule has 1 aromatic rings. The van der Waals surface area contributed by atoms with Crippen molar-refractivity contribution >= 4 is 5.69 Å². The summed E-state index contributed by atoms with van der Waals surface area (Å²) in [6, 6.07) is 9.54. The first kappa shape index (κ1) is 11.5. The molecule has 0 radical (unpaired) electrons. The van der Waals surface area contributed by atoms with Crippen molar-refractivity contribution < 1.29 is 0 Å². The van der Waals surface area contributed by atoms with Crippen LogP contribution < -0.4 is 11.1 Å². The SMILES string of the molecule is CC(Cc1ccc(N)cc1)NC1CCCC1. The van der Waals surface area contributed by atoms with Crippen molar-refractivity contribution in [1.29, 1.82) is 0 Å². The van der Waals surface area contributed by atoms with Gasteiger partial charge < -0.3 is 11.1 Å². The average molecular weight is 218 g/mol. The van der Waals surface area contributed by atoms with Crippen LogP contribution in [0.15, 0.2) is 24.3 Å². The van der Waals surface area contributed by atoms with Gasteiger partial charge in [-0.05, 0) is 43.9 Å². The van der Waals surface area contributed by atoms with E-state index in [-0.39, 0.29) is 0 Å². The lowest BCUT2D eigenvalue weighted by Crippen LogP contribution is -2.35. The first-order chi connectivity index (χ1) is 7.74. The summed E-state index contributed by atoms with van der Waals surface area (Å²) < 4.78 is 0. The summed E-state index contributed by atoms with van der Waals surface area (Å²) >= 11 is 0. The Morgan fingerprint density at radius 2 is 1.88 bits per heavy atom. The molecule has 1 saturated carbocycles. The van der Waals surface area contributed by atoms with Crippen molar-refractivity contribution in [2.75, 3.05) is 5.73 Å². The molecule has 0 saturated heterocycles. The van der Waals surface area contributed by atoms with Crippen LogP contribution in [0.4, 0.5) is 5.69 Å². The molecule has 1 aliphatic carbocycles. The average Bonchev–Trinajstić information content (AvgIpc) is 2.74. The van der Waals surface area contributed by atoms with Crippen LogP contribution in [0.5, 0.6) is 0 Å². The Morgan fingerprint density at radius 1 is 1.25 bits per heavy atom. The van der Waals surface area contributed by atoms with E-state index in [9.17, 15) is 0 Å². The maximum absolute atomic E-state index is 5.67. The van der Waals surface area contributed by atoms with E-state index in [4.69, 9.17) is 5.73 Å². The van der Waals surface area contributed by atoms with E-state index in [0.29, 0.717) is 6.04 Å². The number of benzene rings is 1. The molecule has 2 heteroatoms. The van der Waals surface area contributed by atoms with E-state index >= 15 is 0 Å². The van der Waals surface area contributed by atoms with Gasteiger partial charge in [0.2, 0.25) is 0 Å². The largest absolute Gasteiger partial charge is 0.399 e. The van der Waals surface area contributed by atoms with Crippen LogP contribution in [0.2, 0.25) is 0 Å². The number of nitrogen functional groups attached to an aromatic ring is 1. The number of nitrogens with one attached hydrogen (secondary N) is 1.